The highest BCUT2D eigenvalue weighted by molar-refractivity contribution is 4.72. The highest BCUT2D eigenvalue weighted by Gasteiger charge is 2.14. The van der Waals surface area contributed by atoms with E-state index in [0.29, 0.717) is 0 Å². The van der Waals surface area contributed by atoms with Crippen LogP contribution in [0.3, 0.4) is 0 Å². The van der Waals surface area contributed by atoms with Crippen LogP contribution in [-0.4, -0.2) is 73.9 Å². The normalized spacial score (nSPS) is 21.8. The highest BCUT2D eigenvalue weighted by Crippen LogP contribution is 2.01. The van der Waals surface area contributed by atoms with Crippen molar-refractivity contribution in [1.82, 2.24) is 15.1 Å². The van der Waals surface area contributed by atoms with Gasteiger partial charge in [-0.25, -0.2) is 0 Å². The van der Waals surface area contributed by atoms with E-state index >= 15 is 0 Å². The van der Waals surface area contributed by atoms with Gasteiger partial charge in [-0.2, -0.15) is 0 Å². The van der Waals surface area contributed by atoms with Crippen molar-refractivity contribution in [3.05, 3.63) is 0 Å². The number of hydrogen-bond donors (Lipinski definition) is 2. The zero-order chi connectivity index (χ0) is 11.1. The molecule has 0 spiro atoms. The van der Waals surface area contributed by atoms with Crippen molar-refractivity contribution in [3.63, 3.8) is 0 Å². The molecule has 0 saturated carbocycles. The molecule has 4 heteroatoms. The monoisotopic (exact) mass is 215 g/mol. The summed E-state index contributed by atoms with van der Waals surface area (Å²) < 4.78 is 0. The predicted molar refractivity (Wildman–Crippen MR) is 63.1 cm³/mol. The zero-order valence-corrected chi connectivity index (χ0v) is 10.1. The van der Waals surface area contributed by atoms with E-state index in [1.165, 1.54) is 26.2 Å². The van der Waals surface area contributed by atoms with Gasteiger partial charge in [0.2, 0.25) is 0 Å². The number of piperazine rings is 1. The molecule has 90 valence electrons. The van der Waals surface area contributed by atoms with Gasteiger partial charge in [0.25, 0.3) is 0 Å². The molecule has 0 radical (unpaired) electrons. The summed E-state index contributed by atoms with van der Waals surface area (Å²) in [6.07, 6.45) is 1.05. The standard InChI is InChI=1S/C11H25N3O/c1-3-12-11(10-15)4-5-14-8-6-13(2)7-9-14/h11-12,15H,3-10H2,1-2H3. The summed E-state index contributed by atoms with van der Waals surface area (Å²) in [5, 5.41) is 12.4. The van der Waals surface area contributed by atoms with Gasteiger partial charge in [-0.15, -0.1) is 0 Å². The van der Waals surface area contributed by atoms with Gasteiger partial charge in [0.05, 0.1) is 6.61 Å². The molecule has 0 amide bonds. The van der Waals surface area contributed by atoms with Crippen LogP contribution in [0.1, 0.15) is 13.3 Å². The maximum absolute atomic E-state index is 9.14. The summed E-state index contributed by atoms with van der Waals surface area (Å²) in [5.41, 5.74) is 0. The molecule has 0 aromatic carbocycles. The Kier molecular flexibility index (Phi) is 6.17. The maximum atomic E-state index is 9.14. The Bertz CT molecular complexity index is 158. The topological polar surface area (TPSA) is 38.7 Å². The van der Waals surface area contributed by atoms with E-state index < -0.39 is 0 Å². The zero-order valence-electron chi connectivity index (χ0n) is 10.1. The number of aliphatic hydroxyl groups is 1. The molecule has 4 nitrogen and oxygen atoms in total. The number of likely N-dealkylation sites (N-methyl/N-ethyl adjacent to an activating group) is 2. The second kappa shape index (κ2) is 7.17. The number of nitrogens with one attached hydrogen (secondary N) is 1. The van der Waals surface area contributed by atoms with Crippen molar-refractivity contribution in [3.8, 4) is 0 Å². The average Bonchev–Trinajstić information content (AvgIpc) is 2.26. The van der Waals surface area contributed by atoms with Gasteiger partial charge in [-0.1, -0.05) is 6.92 Å². The third-order valence-corrected chi connectivity index (χ3v) is 3.10. The molecule has 0 aliphatic carbocycles. The van der Waals surface area contributed by atoms with Crippen molar-refractivity contribution >= 4 is 0 Å². The Morgan fingerprint density at radius 1 is 1.27 bits per heavy atom. The van der Waals surface area contributed by atoms with E-state index in [1.807, 2.05) is 0 Å². The first-order valence-electron chi connectivity index (χ1n) is 6.01. The fourth-order valence-electron chi connectivity index (χ4n) is 1.96. The predicted octanol–water partition coefficient (Wildman–Crippen LogP) is -0.406. The lowest BCUT2D eigenvalue weighted by atomic mass is 10.2. The Morgan fingerprint density at radius 2 is 1.93 bits per heavy atom. The molecule has 1 aliphatic heterocycles. The van der Waals surface area contributed by atoms with Crippen LogP contribution in [0.4, 0.5) is 0 Å². The summed E-state index contributed by atoms with van der Waals surface area (Å²) in [6, 6.07) is 0.273. The number of rotatable bonds is 6. The third-order valence-electron chi connectivity index (χ3n) is 3.10. The fourth-order valence-corrected chi connectivity index (χ4v) is 1.96. The third kappa shape index (κ3) is 4.93. The summed E-state index contributed by atoms with van der Waals surface area (Å²) in [4.78, 5) is 4.85. The highest BCUT2D eigenvalue weighted by atomic mass is 16.3. The van der Waals surface area contributed by atoms with Crippen LogP contribution in [0.5, 0.6) is 0 Å². The molecule has 1 heterocycles. The van der Waals surface area contributed by atoms with Gasteiger partial charge in [0.1, 0.15) is 0 Å². The first kappa shape index (κ1) is 12.9. The van der Waals surface area contributed by atoms with Crippen LogP contribution in [0.25, 0.3) is 0 Å². The van der Waals surface area contributed by atoms with Crippen LogP contribution in [-0.2, 0) is 0 Å². The van der Waals surface area contributed by atoms with E-state index in [9.17, 15) is 0 Å². The molecule has 1 rings (SSSR count). The van der Waals surface area contributed by atoms with Gasteiger partial charge in [-0.05, 0) is 26.6 Å². The molecule has 1 atom stereocenters. The molecule has 1 aliphatic rings. The lowest BCUT2D eigenvalue weighted by Crippen LogP contribution is -2.46. The quantitative estimate of drug-likeness (QED) is 0.632. The van der Waals surface area contributed by atoms with Crippen molar-refractivity contribution in [1.29, 1.82) is 0 Å². The van der Waals surface area contributed by atoms with Gasteiger partial charge in [0.15, 0.2) is 0 Å². The molecule has 1 saturated heterocycles. The minimum absolute atomic E-state index is 0.252. The first-order valence-corrected chi connectivity index (χ1v) is 6.01. The van der Waals surface area contributed by atoms with E-state index in [2.05, 4.69) is 29.1 Å². The van der Waals surface area contributed by atoms with Gasteiger partial charge in [0, 0.05) is 32.2 Å². The summed E-state index contributed by atoms with van der Waals surface area (Å²) in [6.45, 7) is 9.05. The van der Waals surface area contributed by atoms with Crippen LogP contribution in [0.2, 0.25) is 0 Å². The van der Waals surface area contributed by atoms with E-state index in [4.69, 9.17) is 5.11 Å². The lowest BCUT2D eigenvalue weighted by molar-refractivity contribution is 0.141. The average molecular weight is 215 g/mol. The molecule has 0 bridgehead atoms. The van der Waals surface area contributed by atoms with E-state index in [-0.39, 0.29) is 12.6 Å². The van der Waals surface area contributed by atoms with Crippen LogP contribution < -0.4 is 5.32 Å². The SMILES string of the molecule is CCNC(CO)CCN1CCN(C)CC1. The summed E-state index contributed by atoms with van der Waals surface area (Å²) >= 11 is 0. The molecule has 0 aromatic heterocycles. The molecule has 2 N–H and O–H groups in total. The molecule has 1 fully saturated rings. The maximum Gasteiger partial charge on any atom is 0.0585 e. The molecule has 15 heavy (non-hydrogen) atoms. The van der Waals surface area contributed by atoms with Crippen molar-refractivity contribution in [2.45, 2.75) is 19.4 Å². The van der Waals surface area contributed by atoms with E-state index in [0.717, 1.165) is 19.5 Å². The van der Waals surface area contributed by atoms with Crippen molar-refractivity contribution < 1.29 is 5.11 Å². The number of aliphatic hydroxyl groups excluding tert-OH is 1. The Morgan fingerprint density at radius 3 is 2.47 bits per heavy atom. The van der Waals surface area contributed by atoms with Crippen LogP contribution >= 0.6 is 0 Å². The lowest BCUT2D eigenvalue weighted by Gasteiger charge is -2.33. The smallest absolute Gasteiger partial charge is 0.0585 e. The van der Waals surface area contributed by atoms with E-state index in [1.54, 1.807) is 0 Å². The second-order valence-electron chi connectivity index (χ2n) is 4.37. The van der Waals surface area contributed by atoms with Gasteiger partial charge >= 0.3 is 0 Å². The minimum atomic E-state index is 0.252. The largest absolute Gasteiger partial charge is 0.395 e. The van der Waals surface area contributed by atoms with Gasteiger partial charge < -0.3 is 20.2 Å². The molecular weight excluding hydrogens is 190 g/mol. The molecule has 0 aromatic rings. The van der Waals surface area contributed by atoms with Gasteiger partial charge in [-0.3, -0.25) is 0 Å². The molecule has 1 unspecified atom stereocenters. The van der Waals surface area contributed by atoms with Crippen molar-refractivity contribution in [2.75, 3.05) is 52.9 Å². The summed E-state index contributed by atoms with van der Waals surface area (Å²) in [5.74, 6) is 0. The summed E-state index contributed by atoms with van der Waals surface area (Å²) in [7, 11) is 2.17. The Balaban J connectivity index is 2.12. The number of hydrogen-bond acceptors (Lipinski definition) is 4. The van der Waals surface area contributed by atoms with Crippen LogP contribution in [0.15, 0.2) is 0 Å². The van der Waals surface area contributed by atoms with Crippen LogP contribution in [0, 0.1) is 0 Å². The Labute approximate surface area is 93.2 Å². The Hall–Kier alpha value is -0.160. The second-order valence-corrected chi connectivity index (χ2v) is 4.37. The first-order chi connectivity index (χ1) is 7.26. The fraction of sp³-hybridized carbons (Fsp3) is 1.00. The molecular formula is C11H25N3O. The number of nitrogens with zero attached hydrogens (tertiary/aromatic N) is 2. The van der Waals surface area contributed by atoms with Crippen molar-refractivity contribution in [2.24, 2.45) is 0 Å². The minimum Gasteiger partial charge on any atom is -0.395 e.